The van der Waals surface area contributed by atoms with Crippen molar-refractivity contribution in [1.29, 1.82) is 0 Å². The van der Waals surface area contributed by atoms with Crippen molar-refractivity contribution >= 4 is 244 Å². The van der Waals surface area contributed by atoms with E-state index in [1.807, 2.05) is 64.3 Å². The van der Waals surface area contributed by atoms with Crippen molar-refractivity contribution in [3.63, 3.8) is 0 Å². The van der Waals surface area contributed by atoms with Gasteiger partial charge in [-0.2, -0.15) is 0 Å². The molecule has 30 aromatic rings. The lowest BCUT2D eigenvalue weighted by Gasteiger charge is -2.26. The Hall–Kier alpha value is -18.5. The van der Waals surface area contributed by atoms with Crippen LogP contribution in [0.15, 0.2) is 541 Å². The molecule has 0 unspecified atom stereocenters. The van der Waals surface area contributed by atoms with Gasteiger partial charge >= 0.3 is 0 Å². The highest BCUT2D eigenvalue weighted by atomic mass is 32.1. The van der Waals surface area contributed by atoms with Gasteiger partial charge in [-0.05, 0) is 245 Å². The molecule has 690 valence electrons. The van der Waals surface area contributed by atoms with E-state index in [1.165, 1.54) is 160 Å². The van der Waals surface area contributed by atoms with Gasteiger partial charge in [0.05, 0.1) is 36.8 Å². The molecule has 6 heterocycles. The number of nitrogens with zero attached hydrogens (tertiary/aromatic N) is 3. The lowest BCUT2D eigenvalue weighted by atomic mass is 9.95. The van der Waals surface area contributed by atoms with E-state index in [4.69, 9.17) is 13.3 Å². The summed E-state index contributed by atoms with van der Waals surface area (Å²) in [6, 6.07) is 190. The average molecular weight is 1930 g/mol. The molecule has 6 nitrogen and oxygen atoms in total. The molecule has 6 aromatic heterocycles. The highest BCUT2D eigenvalue weighted by Gasteiger charge is 2.27. The van der Waals surface area contributed by atoms with E-state index in [1.54, 1.807) is 0 Å². The molecule has 0 saturated carbocycles. The third-order valence-corrected chi connectivity index (χ3v) is 32.6. The van der Waals surface area contributed by atoms with E-state index in [0.717, 1.165) is 117 Å². The monoisotopic (exact) mass is 1930 g/mol. The minimum Gasteiger partial charge on any atom is -0.456 e. The van der Waals surface area contributed by atoms with E-state index < -0.39 is 0 Å². The zero-order valence-electron chi connectivity index (χ0n) is 79.5. The Morgan fingerprint density at radius 3 is 0.857 bits per heavy atom. The van der Waals surface area contributed by atoms with Gasteiger partial charge in [-0.1, -0.05) is 376 Å². The minimum atomic E-state index is 0.884. The van der Waals surface area contributed by atoms with Crippen molar-refractivity contribution in [3.05, 3.63) is 528 Å². The van der Waals surface area contributed by atoms with Gasteiger partial charge in [-0.3, -0.25) is 0 Å². The molecular formula is C138H87N3O3S3. The lowest BCUT2D eigenvalue weighted by molar-refractivity contribution is 0.668. The van der Waals surface area contributed by atoms with E-state index in [0.29, 0.717) is 0 Å². The van der Waals surface area contributed by atoms with Gasteiger partial charge in [0.25, 0.3) is 0 Å². The molecule has 24 aromatic carbocycles. The highest BCUT2D eigenvalue weighted by Crippen LogP contribution is 2.53. The number of benzene rings is 24. The smallest absolute Gasteiger partial charge is 0.159 e. The highest BCUT2D eigenvalue weighted by molar-refractivity contribution is 7.27. The molecule has 0 saturated heterocycles. The second kappa shape index (κ2) is 36.5. The molecule has 0 fully saturated rings. The van der Waals surface area contributed by atoms with Crippen LogP contribution >= 0.6 is 34.0 Å². The van der Waals surface area contributed by atoms with Crippen LogP contribution in [0.3, 0.4) is 0 Å². The van der Waals surface area contributed by atoms with Crippen molar-refractivity contribution < 1.29 is 13.3 Å². The standard InChI is InChI=1S/3C46H29NOS/c1-2-11-31(12-3-1)35-16-8-13-33-29-32(25-28-36(33)35)30-23-26-34(27-24-30)47(41-19-9-17-39-37-14-4-6-21-43(37)48-45(39)41)42-20-10-18-40-38-15-5-7-22-44(38)49-46(40)42;1-2-10-31(11-3-1)36-15-8-12-33-28-32(22-26-37(33)36)30-20-23-34(24-21-30)47(35-25-27-39-38-13-4-6-18-43(38)48-44(39)29-35)42-17-9-16-41-40-14-5-7-19-45(40)49-46(41)42;1-2-10-31(11-3-1)36-15-8-12-33-28-32(22-26-37(33)36)30-20-23-34(24-21-30)47(35-25-27-44-41(29-35)38-13-4-6-18-43(38)48-44)42-17-9-16-40-39-14-5-7-19-45(39)49-46(40)42/h3*1-29H. The van der Waals surface area contributed by atoms with Crippen LogP contribution in [-0.2, 0) is 0 Å². The van der Waals surface area contributed by atoms with Crippen LogP contribution < -0.4 is 14.7 Å². The zero-order valence-corrected chi connectivity index (χ0v) is 82.0. The molecule has 9 heteroatoms. The predicted octanol–water partition coefficient (Wildman–Crippen LogP) is 41.7. The molecule has 0 amide bonds. The van der Waals surface area contributed by atoms with Gasteiger partial charge in [-0.15, -0.1) is 34.0 Å². The normalized spacial score (nSPS) is 11.7. The molecule has 0 aliphatic rings. The number of thiophene rings is 3. The van der Waals surface area contributed by atoms with Gasteiger partial charge in [0.15, 0.2) is 5.58 Å². The molecule has 30 rings (SSSR count). The first-order valence-electron chi connectivity index (χ1n) is 49.8. The summed E-state index contributed by atoms with van der Waals surface area (Å²) in [5, 5.41) is 21.9. The fourth-order valence-electron chi connectivity index (χ4n) is 22.0. The molecule has 0 bridgehead atoms. The van der Waals surface area contributed by atoms with Crippen LogP contribution in [-0.4, -0.2) is 0 Å². The first-order valence-corrected chi connectivity index (χ1v) is 52.2. The molecule has 0 N–H and O–H groups in total. The van der Waals surface area contributed by atoms with Crippen molar-refractivity contribution in [2.45, 2.75) is 0 Å². The van der Waals surface area contributed by atoms with Crippen LogP contribution in [0.2, 0.25) is 0 Å². The summed E-state index contributed by atoms with van der Waals surface area (Å²) in [6.07, 6.45) is 0. The summed E-state index contributed by atoms with van der Waals surface area (Å²) in [4.78, 5) is 7.15. The Morgan fingerprint density at radius 2 is 0.429 bits per heavy atom. The lowest BCUT2D eigenvalue weighted by Crippen LogP contribution is -2.10. The van der Waals surface area contributed by atoms with Crippen LogP contribution in [0.5, 0.6) is 0 Å². The van der Waals surface area contributed by atoms with E-state index in [9.17, 15) is 0 Å². The summed E-state index contributed by atoms with van der Waals surface area (Å²) in [5.74, 6) is 0. The maximum Gasteiger partial charge on any atom is 0.159 e. The molecule has 0 aliphatic heterocycles. The van der Waals surface area contributed by atoms with Crippen LogP contribution in [0, 0.1) is 0 Å². The summed E-state index contributed by atoms with van der Waals surface area (Å²) in [6.45, 7) is 0. The molecular weight excluding hydrogens is 1840 g/mol. The van der Waals surface area contributed by atoms with Gasteiger partial charge in [0.1, 0.15) is 27.9 Å². The second-order valence-corrected chi connectivity index (χ2v) is 40.7. The van der Waals surface area contributed by atoms with Crippen molar-refractivity contribution in [3.8, 4) is 66.8 Å². The van der Waals surface area contributed by atoms with Crippen LogP contribution in [0.1, 0.15) is 0 Å². The Labute approximate surface area is 859 Å². The second-order valence-electron chi connectivity index (χ2n) is 37.5. The van der Waals surface area contributed by atoms with E-state index in [2.05, 4.69) is 512 Å². The Bertz CT molecular complexity index is 10200. The summed E-state index contributed by atoms with van der Waals surface area (Å²) < 4.78 is 26.9. The number of hydrogen-bond donors (Lipinski definition) is 0. The summed E-state index contributed by atoms with van der Waals surface area (Å²) in [7, 11) is 0. The topological polar surface area (TPSA) is 49.1 Å². The van der Waals surface area contributed by atoms with E-state index in [-0.39, 0.29) is 0 Å². The largest absolute Gasteiger partial charge is 0.456 e. The number of para-hydroxylation sites is 4. The maximum atomic E-state index is 6.62. The van der Waals surface area contributed by atoms with Crippen molar-refractivity contribution in [2.24, 2.45) is 0 Å². The number of anilines is 9. The third-order valence-electron chi connectivity index (χ3n) is 29.0. The van der Waals surface area contributed by atoms with Gasteiger partial charge in [0, 0.05) is 113 Å². The summed E-state index contributed by atoms with van der Waals surface area (Å²) >= 11 is 5.55. The molecule has 0 spiro atoms. The Balaban J connectivity index is 0.000000107. The molecule has 147 heavy (non-hydrogen) atoms. The fourth-order valence-corrected chi connectivity index (χ4v) is 25.6. The van der Waals surface area contributed by atoms with Gasteiger partial charge in [-0.25, -0.2) is 0 Å². The van der Waals surface area contributed by atoms with Crippen molar-refractivity contribution in [1.82, 2.24) is 0 Å². The number of hydrogen-bond acceptors (Lipinski definition) is 9. The number of fused-ring (bicyclic) bond motifs is 21. The molecule has 0 radical (unpaired) electrons. The van der Waals surface area contributed by atoms with Crippen LogP contribution in [0.25, 0.3) is 225 Å². The first kappa shape index (κ1) is 86.4. The number of furan rings is 3. The van der Waals surface area contributed by atoms with Crippen LogP contribution in [0.4, 0.5) is 51.2 Å². The summed E-state index contributed by atoms with van der Waals surface area (Å²) in [5.41, 5.74) is 29.9. The predicted molar refractivity (Wildman–Crippen MR) is 629 cm³/mol. The van der Waals surface area contributed by atoms with Crippen molar-refractivity contribution in [2.75, 3.05) is 14.7 Å². The molecule has 0 atom stereocenters. The van der Waals surface area contributed by atoms with Gasteiger partial charge < -0.3 is 28.0 Å². The fraction of sp³-hybridized carbons (Fsp3) is 0. The number of rotatable bonds is 15. The van der Waals surface area contributed by atoms with Gasteiger partial charge in [0.2, 0.25) is 0 Å². The first-order chi connectivity index (χ1) is 72.9. The average Bonchev–Trinajstić information content (AvgIpc) is 1.63. The maximum absolute atomic E-state index is 6.62. The SMILES string of the molecule is c1ccc(-c2cccc3cc(-c4ccc(N(c5ccc6c(c5)oc5ccccc56)c5cccc6c5sc5ccccc56)cc4)ccc23)cc1.c1ccc(-c2cccc3cc(-c4ccc(N(c5ccc6oc7ccccc7c6c5)c5cccc6c5sc5ccccc56)cc4)ccc23)cc1.c1ccc(-c2cccc3cc(-c4ccc(N(c5cccc6c5oc5ccccc56)c5cccc6c5sc5ccccc56)cc4)ccc23)cc1. The Morgan fingerprint density at radius 1 is 0.143 bits per heavy atom. The third kappa shape index (κ3) is 15.5. The quantitative estimate of drug-likeness (QED) is 0.102. The molecule has 0 aliphatic carbocycles. The zero-order chi connectivity index (χ0) is 96.9. The Kier molecular flexibility index (Phi) is 21.4. The van der Waals surface area contributed by atoms with E-state index >= 15 is 0 Å². The minimum absolute atomic E-state index is 0.884.